The highest BCUT2D eigenvalue weighted by Gasteiger charge is 2.29. The van der Waals surface area contributed by atoms with Gasteiger partial charge in [-0.2, -0.15) is 5.10 Å². The normalized spacial score (nSPS) is 13.5. The van der Waals surface area contributed by atoms with Crippen LogP contribution in [0, 0.1) is 5.92 Å². The molecule has 0 fully saturated rings. The number of carboxylic acid groups (broad SMARTS) is 1. The van der Waals surface area contributed by atoms with Gasteiger partial charge in [0.15, 0.2) is 0 Å². The number of amides is 1. The number of nitrogens with zero attached hydrogens (tertiary/aromatic N) is 2. The Morgan fingerprint density at radius 1 is 1.09 bits per heavy atom. The lowest BCUT2D eigenvalue weighted by Gasteiger charge is -2.13. The van der Waals surface area contributed by atoms with Gasteiger partial charge in [-0.3, -0.25) is 14.3 Å². The van der Waals surface area contributed by atoms with Gasteiger partial charge in [0, 0.05) is 6.20 Å². The first-order valence-electron chi connectivity index (χ1n) is 9.86. The van der Waals surface area contributed by atoms with Crippen LogP contribution in [0.3, 0.4) is 0 Å². The van der Waals surface area contributed by atoms with E-state index in [2.05, 4.69) is 5.10 Å². The van der Waals surface area contributed by atoms with Crippen molar-refractivity contribution in [2.75, 3.05) is 0 Å². The average Bonchev–Trinajstić information content (AvgIpc) is 3.25. The summed E-state index contributed by atoms with van der Waals surface area (Å²) in [6.07, 6.45) is 4.26. The third kappa shape index (κ3) is 6.14. The molecule has 1 amide bonds. The highest BCUT2D eigenvalue weighted by atomic mass is 32.2. The van der Waals surface area contributed by atoms with Crippen LogP contribution in [0.25, 0.3) is 6.08 Å². The van der Waals surface area contributed by atoms with Gasteiger partial charge in [0.05, 0.1) is 17.6 Å². The van der Waals surface area contributed by atoms with Gasteiger partial charge in [-0.25, -0.2) is 13.1 Å². The summed E-state index contributed by atoms with van der Waals surface area (Å²) < 4.78 is 27.9. The number of aromatic nitrogens is 2. The largest absolute Gasteiger partial charge is 0.481 e. The van der Waals surface area contributed by atoms with E-state index in [4.69, 9.17) is 0 Å². The minimum atomic E-state index is -4.16. The maximum Gasteiger partial charge on any atom is 0.316 e. The molecule has 2 atom stereocenters. The van der Waals surface area contributed by atoms with Gasteiger partial charge in [-0.15, -0.1) is 0 Å². The molecule has 0 saturated heterocycles. The van der Waals surface area contributed by atoms with Gasteiger partial charge in [0.2, 0.25) is 5.91 Å². The Morgan fingerprint density at radius 3 is 2.34 bits per heavy atom. The van der Waals surface area contributed by atoms with Crippen LogP contribution in [0.4, 0.5) is 0 Å². The molecule has 3 rings (SSSR count). The topological polar surface area (TPSA) is 118 Å². The van der Waals surface area contributed by atoms with Crippen LogP contribution >= 0.6 is 0 Å². The first-order valence-corrected chi connectivity index (χ1v) is 11.4. The summed E-state index contributed by atoms with van der Waals surface area (Å²) in [6.45, 7) is 1.94. The molecule has 2 aromatic carbocycles. The Bertz CT molecular complexity index is 1200. The van der Waals surface area contributed by atoms with Crippen LogP contribution in [0.5, 0.6) is 0 Å². The zero-order valence-corrected chi connectivity index (χ0v) is 18.1. The van der Waals surface area contributed by atoms with E-state index in [0.29, 0.717) is 11.1 Å². The van der Waals surface area contributed by atoms with Crippen molar-refractivity contribution >= 4 is 28.0 Å². The molecule has 3 aromatic rings. The van der Waals surface area contributed by atoms with E-state index in [1.54, 1.807) is 41.2 Å². The maximum absolute atomic E-state index is 12.4. The predicted molar refractivity (Wildman–Crippen MR) is 120 cm³/mol. The highest BCUT2D eigenvalue weighted by Crippen LogP contribution is 2.18. The van der Waals surface area contributed by atoms with Crippen LogP contribution in [-0.2, 0) is 26.0 Å². The lowest BCUT2D eigenvalue weighted by Crippen LogP contribution is -2.39. The summed E-state index contributed by atoms with van der Waals surface area (Å²) in [5.74, 6) is -4.12. The van der Waals surface area contributed by atoms with Crippen molar-refractivity contribution in [1.82, 2.24) is 14.5 Å². The minimum Gasteiger partial charge on any atom is -0.481 e. The zero-order chi connectivity index (χ0) is 23.1. The molecule has 0 aliphatic rings. The van der Waals surface area contributed by atoms with E-state index >= 15 is 0 Å². The first-order chi connectivity index (χ1) is 15.2. The molecule has 0 spiro atoms. The van der Waals surface area contributed by atoms with Crippen LogP contribution in [0.15, 0.2) is 78.5 Å². The Kier molecular flexibility index (Phi) is 7.21. The maximum atomic E-state index is 12.4. The van der Waals surface area contributed by atoms with E-state index in [-0.39, 0.29) is 12.5 Å². The highest BCUT2D eigenvalue weighted by molar-refractivity contribution is 7.93. The molecular formula is C23H23N3O5S. The number of aliphatic carboxylic acids is 1. The van der Waals surface area contributed by atoms with E-state index in [1.165, 1.54) is 12.3 Å². The second kappa shape index (κ2) is 10.1. The van der Waals surface area contributed by atoms with E-state index in [9.17, 15) is 23.1 Å². The number of carbonyl (C=O) groups is 2. The Morgan fingerprint density at radius 2 is 1.72 bits per heavy atom. The molecule has 2 N–H and O–H groups in total. The summed E-state index contributed by atoms with van der Waals surface area (Å²) in [5.41, 5.74) is 2.15. The minimum absolute atomic E-state index is 0.0921. The summed E-state index contributed by atoms with van der Waals surface area (Å²) in [7, 11) is -4.16. The van der Waals surface area contributed by atoms with Gasteiger partial charge in [-0.05, 0) is 36.1 Å². The standard InChI is InChI=1S/C23H23N3O5S/c1-17(20-10-6-3-7-11-20)26-16-19(15-24-26)14-21(23(28)29)22(27)25-32(30,31)13-12-18-8-4-2-5-9-18/h2-13,15-17,21H,14H2,1H3,(H,25,27)(H,28,29). The van der Waals surface area contributed by atoms with Gasteiger partial charge in [0.1, 0.15) is 5.92 Å². The molecular weight excluding hydrogens is 430 g/mol. The van der Waals surface area contributed by atoms with Crippen molar-refractivity contribution < 1.29 is 23.1 Å². The molecule has 9 heteroatoms. The second-order valence-corrected chi connectivity index (χ2v) is 8.80. The molecule has 1 heterocycles. The van der Waals surface area contributed by atoms with Crippen molar-refractivity contribution in [2.24, 2.45) is 5.92 Å². The first kappa shape index (κ1) is 23.0. The summed E-state index contributed by atoms with van der Waals surface area (Å²) >= 11 is 0. The molecule has 0 radical (unpaired) electrons. The molecule has 166 valence electrons. The second-order valence-electron chi connectivity index (χ2n) is 7.23. The SMILES string of the molecule is CC(c1ccccc1)n1cc(CC(C(=O)O)C(=O)NS(=O)(=O)C=Cc2ccccc2)cn1. The van der Waals surface area contributed by atoms with Crippen LogP contribution in [0.1, 0.15) is 29.7 Å². The lowest BCUT2D eigenvalue weighted by molar-refractivity contribution is -0.146. The Balaban J connectivity index is 1.69. The van der Waals surface area contributed by atoms with Gasteiger partial charge in [-0.1, -0.05) is 60.7 Å². The summed E-state index contributed by atoms with van der Waals surface area (Å²) in [5, 5.41) is 14.6. The number of benzene rings is 2. The van der Waals surface area contributed by atoms with Crippen molar-refractivity contribution in [1.29, 1.82) is 0 Å². The Labute approximate surface area is 186 Å². The molecule has 8 nitrogen and oxygen atoms in total. The summed E-state index contributed by atoms with van der Waals surface area (Å²) in [6, 6.07) is 18.2. The molecule has 0 aliphatic heterocycles. The molecule has 0 saturated carbocycles. The van der Waals surface area contributed by atoms with Gasteiger partial charge in [0.25, 0.3) is 10.0 Å². The number of carboxylic acids is 1. The van der Waals surface area contributed by atoms with Gasteiger partial charge < -0.3 is 5.11 Å². The predicted octanol–water partition coefficient (Wildman–Crippen LogP) is 2.85. The number of hydrogen-bond donors (Lipinski definition) is 2. The fourth-order valence-electron chi connectivity index (χ4n) is 3.08. The summed E-state index contributed by atoms with van der Waals surface area (Å²) in [4.78, 5) is 24.1. The fourth-order valence-corrected chi connectivity index (χ4v) is 3.91. The number of carbonyl (C=O) groups excluding carboxylic acids is 1. The fraction of sp³-hybridized carbons (Fsp3) is 0.174. The number of nitrogens with one attached hydrogen (secondary N) is 1. The van der Waals surface area contributed by atoms with Crippen molar-refractivity contribution in [3.63, 3.8) is 0 Å². The van der Waals surface area contributed by atoms with Crippen molar-refractivity contribution in [3.05, 3.63) is 95.2 Å². The molecule has 0 aliphatic carbocycles. The van der Waals surface area contributed by atoms with Crippen LogP contribution in [0.2, 0.25) is 0 Å². The average molecular weight is 454 g/mol. The zero-order valence-electron chi connectivity index (χ0n) is 17.3. The third-order valence-electron chi connectivity index (χ3n) is 4.87. The lowest BCUT2D eigenvalue weighted by atomic mass is 10.0. The van der Waals surface area contributed by atoms with E-state index in [1.807, 2.05) is 42.0 Å². The molecule has 0 bridgehead atoms. The third-order valence-corrected chi connectivity index (χ3v) is 5.85. The number of rotatable bonds is 9. The smallest absolute Gasteiger partial charge is 0.316 e. The molecule has 2 unspecified atom stereocenters. The van der Waals surface area contributed by atoms with Crippen molar-refractivity contribution in [3.8, 4) is 0 Å². The van der Waals surface area contributed by atoms with E-state index < -0.39 is 27.8 Å². The molecule has 32 heavy (non-hydrogen) atoms. The monoisotopic (exact) mass is 453 g/mol. The van der Waals surface area contributed by atoms with Crippen LogP contribution in [-0.4, -0.2) is 35.2 Å². The van der Waals surface area contributed by atoms with Gasteiger partial charge >= 0.3 is 5.97 Å². The Hall–Kier alpha value is -3.72. The van der Waals surface area contributed by atoms with E-state index in [0.717, 1.165) is 11.0 Å². The van der Waals surface area contributed by atoms with Crippen LogP contribution < -0.4 is 4.72 Å². The number of hydrogen-bond acceptors (Lipinski definition) is 5. The van der Waals surface area contributed by atoms with Crippen molar-refractivity contribution in [2.45, 2.75) is 19.4 Å². The number of sulfonamides is 1. The quantitative estimate of drug-likeness (QED) is 0.481. The molecule has 1 aromatic heterocycles.